The second-order valence-electron chi connectivity index (χ2n) is 6.59. The summed E-state index contributed by atoms with van der Waals surface area (Å²) in [5.74, 6) is 0.807. The Hall–Kier alpha value is -3.22. The van der Waals surface area contributed by atoms with E-state index in [2.05, 4.69) is 20.0 Å². The predicted octanol–water partition coefficient (Wildman–Crippen LogP) is 2.07. The molecule has 3 aromatic rings. The molecule has 27 heavy (non-hydrogen) atoms. The number of anilines is 1. The van der Waals surface area contributed by atoms with Crippen molar-refractivity contribution in [2.24, 2.45) is 0 Å². The molecule has 0 N–H and O–H groups in total. The number of carbonyl (C=O) groups excluding carboxylic acids is 1. The van der Waals surface area contributed by atoms with Crippen molar-refractivity contribution in [3.8, 4) is 0 Å². The first kappa shape index (κ1) is 17.2. The highest BCUT2D eigenvalue weighted by molar-refractivity contribution is 5.94. The van der Waals surface area contributed by atoms with Gasteiger partial charge in [0.2, 0.25) is 5.95 Å². The predicted molar refractivity (Wildman–Crippen MR) is 103 cm³/mol. The molecule has 1 amide bonds. The Morgan fingerprint density at radius 1 is 0.963 bits per heavy atom. The van der Waals surface area contributed by atoms with E-state index in [1.807, 2.05) is 52.2 Å². The monoisotopic (exact) mass is 362 g/mol. The lowest BCUT2D eigenvalue weighted by Gasteiger charge is -2.22. The van der Waals surface area contributed by atoms with Crippen molar-refractivity contribution in [3.05, 3.63) is 72.3 Å². The van der Waals surface area contributed by atoms with Crippen LogP contribution >= 0.6 is 0 Å². The normalized spacial score (nSPS) is 14.8. The maximum absolute atomic E-state index is 13.0. The molecular formula is C20H22N6O. The zero-order valence-electron chi connectivity index (χ0n) is 15.1. The van der Waals surface area contributed by atoms with Crippen LogP contribution in [0.1, 0.15) is 22.3 Å². The van der Waals surface area contributed by atoms with E-state index in [1.54, 1.807) is 18.6 Å². The summed E-state index contributed by atoms with van der Waals surface area (Å²) in [6, 6.07) is 11.5. The molecular weight excluding hydrogens is 340 g/mol. The molecule has 0 spiro atoms. The molecule has 4 rings (SSSR count). The molecule has 138 valence electrons. The van der Waals surface area contributed by atoms with Crippen LogP contribution in [0, 0.1) is 0 Å². The van der Waals surface area contributed by atoms with E-state index in [4.69, 9.17) is 0 Å². The molecule has 1 fully saturated rings. The molecule has 1 aromatic carbocycles. The lowest BCUT2D eigenvalue weighted by atomic mass is 10.1. The van der Waals surface area contributed by atoms with Gasteiger partial charge >= 0.3 is 0 Å². The number of rotatable bonds is 4. The number of amides is 1. The molecule has 7 heteroatoms. The first-order valence-electron chi connectivity index (χ1n) is 9.17. The third-order valence-corrected chi connectivity index (χ3v) is 4.70. The van der Waals surface area contributed by atoms with Gasteiger partial charge in [0.05, 0.1) is 6.54 Å². The van der Waals surface area contributed by atoms with Gasteiger partial charge in [0, 0.05) is 56.5 Å². The van der Waals surface area contributed by atoms with Gasteiger partial charge in [-0.1, -0.05) is 12.1 Å². The van der Waals surface area contributed by atoms with Crippen LogP contribution in [0.15, 0.2) is 61.2 Å². The minimum atomic E-state index is 0.0770. The lowest BCUT2D eigenvalue weighted by molar-refractivity contribution is 0.0767. The summed E-state index contributed by atoms with van der Waals surface area (Å²) in [6.07, 6.45) is 8.08. The second kappa shape index (κ2) is 7.99. The standard InChI is InChI=1S/C20H22N6O/c27-19(18-6-1-5-17(15-18)16-26-12-3-9-23-26)24-10-4-11-25(14-13-24)20-21-7-2-8-22-20/h1-3,5-9,12,15H,4,10-11,13-14,16H2. The fraction of sp³-hybridized carbons (Fsp3) is 0.300. The topological polar surface area (TPSA) is 67.2 Å². The van der Waals surface area contributed by atoms with E-state index in [-0.39, 0.29) is 5.91 Å². The molecule has 0 saturated carbocycles. The fourth-order valence-electron chi connectivity index (χ4n) is 3.34. The van der Waals surface area contributed by atoms with Crippen molar-refractivity contribution in [1.82, 2.24) is 24.6 Å². The summed E-state index contributed by atoms with van der Waals surface area (Å²) in [5, 5.41) is 4.23. The van der Waals surface area contributed by atoms with E-state index in [0.29, 0.717) is 13.1 Å². The Balaban J connectivity index is 1.43. The van der Waals surface area contributed by atoms with Crippen LogP contribution in [-0.2, 0) is 6.54 Å². The molecule has 7 nitrogen and oxygen atoms in total. The average Bonchev–Trinajstić information content (AvgIpc) is 3.10. The third kappa shape index (κ3) is 4.13. The van der Waals surface area contributed by atoms with Crippen LogP contribution in [0.3, 0.4) is 0 Å². The van der Waals surface area contributed by atoms with Gasteiger partial charge in [-0.15, -0.1) is 0 Å². The van der Waals surface area contributed by atoms with E-state index >= 15 is 0 Å². The number of nitrogens with zero attached hydrogens (tertiary/aromatic N) is 6. The van der Waals surface area contributed by atoms with Gasteiger partial charge in [0.25, 0.3) is 5.91 Å². The van der Waals surface area contributed by atoms with E-state index in [9.17, 15) is 4.79 Å². The average molecular weight is 362 g/mol. The summed E-state index contributed by atoms with van der Waals surface area (Å²) < 4.78 is 1.85. The quantitative estimate of drug-likeness (QED) is 0.711. The highest BCUT2D eigenvalue weighted by Gasteiger charge is 2.21. The van der Waals surface area contributed by atoms with Crippen molar-refractivity contribution < 1.29 is 4.79 Å². The number of hydrogen-bond donors (Lipinski definition) is 0. The summed E-state index contributed by atoms with van der Waals surface area (Å²) in [5.41, 5.74) is 1.79. The Kier molecular flexibility index (Phi) is 5.09. The lowest BCUT2D eigenvalue weighted by Crippen LogP contribution is -2.35. The Morgan fingerprint density at radius 2 is 1.85 bits per heavy atom. The molecule has 1 saturated heterocycles. The molecule has 3 heterocycles. The minimum absolute atomic E-state index is 0.0770. The molecule has 0 radical (unpaired) electrons. The van der Waals surface area contributed by atoms with Gasteiger partial charge in [0.15, 0.2) is 0 Å². The van der Waals surface area contributed by atoms with Gasteiger partial charge in [-0.3, -0.25) is 9.48 Å². The van der Waals surface area contributed by atoms with Gasteiger partial charge < -0.3 is 9.80 Å². The van der Waals surface area contributed by atoms with Crippen molar-refractivity contribution in [2.45, 2.75) is 13.0 Å². The minimum Gasteiger partial charge on any atom is -0.339 e. The summed E-state index contributed by atoms with van der Waals surface area (Å²) in [7, 11) is 0. The summed E-state index contributed by atoms with van der Waals surface area (Å²) in [4.78, 5) is 25.7. The number of aromatic nitrogens is 4. The van der Waals surface area contributed by atoms with Crippen LogP contribution in [0.5, 0.6) is 0 Å². The molecule has 0 atom stereocenters. The van der Waals surface area contributed by atoms with Crippen molar-refractivity contribution >= 4 is 11.9 Å². The molecule has 0 bridgehead atoms. The molecule has 0 aliphatic carbocycles. The first-order valence-corrected chi connectivity index (χ1v) is 9.17. The number of hydrogen-bond acceptors (Lipinski definition) is 5. The van der Waals surface area contributed by atoms with E-state index < -0.39 is 0 Å². The summed E-state index contributed by atoms with van der Waals surface area (Å²) in [6.45, 7) is 3.66. The zero-order chi connectivity index (χ0) is 18.5. The Labute approximate surface area is 158 Å². The van der Waals surface area contributed by atoms with E-state index in [0.717, 1.165) is 43.1 Å². The van der Waals surface area contributed by atoms with Crippen LogP contribution in [0.25, 0.3) is 0 Å². The second-order valence-corrected chi connectivity index (χ2v) is 6.59. The van der Waals surface area contributed by atoms with Gasteiger partial charge in [-0.05, 0) is 36.2 Å². The fourth-order valence-corrected chi connectivity index (χ4v) is 3.34. The maximum atomic E-state index is 13.0. The van der Waals surface area contributed by atoms with Crippen LogP contribution in [0.4, 0.5) is 5.95 Å². The zero-order valence-corrected chi connectivity index (χ0v) is 15.1. The van der Waals surface area contributed by atoms with Gasteiger partial charge in [0.1, 0.15) is 0 Å². The van der Waals surface area contributed by atoms with Crippen molar-refractivity contribution in [3.63, 3.8) is 0 Å². The molecule has 2 aromatic heterocycles. The first-order chi connectivity index (χ1) is 13.3. The van der Waals surface area contributed by atoms with Crippen LogP contribution in [-0.4, -0.2) is 56.7 Å². The largest absolute Gasteiger partial charge is 0.339 e. The van der Waals surface area contributed by atoms with Gasteiger partial charge in [-0.2, -0.15) is 5.10 Å². The van der Waals surface area contributed by atoms with Crippen LogP contribution in [0.2, 0.25) is 0 Å². The molecule has 1 aliphatic rings. The molecule has 0 unspecified atom stereocenters. The molecule has 1 aliphatic heterocycles. The van der Waals surface area contributed by atoms with Gasteiger partial charge in [-0.25, -0.2) is 9.97 Å². The van der Waals surface area contributed by atoms with Crippen molar-refractivity contribution in [1.29, 1.82) is 0 Å². The SMILES string of the molecule is O=C(c1cccc(Cn2cccn2)c1)N1CCCN(c2ncccn2)CC1. The highest BCUT2D eigenvalue weighted by atomic mass is 16.2. The Bertz CT molecular complexity index is 881. The van der Waals surface area contributed by atoms with Crippen molar-refractivity contribution in [2.75, 3.05) is 31.1 Å². The smallest absolute Gasteiger partial charge is 0.253 e. The van der Waals surface area contributed by atoms with Crippen LogP contribution < -0.4 is 4.90 Å². The third-order valence-electron chi connectivity index (χ3n) is 4.70. The Morgan fingerprint density at radius 3 is 2.67 bits per heavy atom. The van der Waals surface area contributed by atoms with E-state index in [1.165, 1.54) is 0 Å². The number of carbonyl (C=O) groups is 1. The highest BCUT2D eigenvalue weighted by Crippen LogP contribution is 2.14. The summed E-state index contributed by atoms with van der Waals surface area (Å²) >= 11 is 0. The maximum Gasteiger partial charge on any atom is 0.253 e. The number of benzene rings is 1.